The van der Waals surface area contributed by atoms with Crippen molar-refractivity contribution in [1.29, 1.82) is 0 Å². The first-order chi connectivity index (χ1) is 13.6. The van der Waals surface area contributed by atoms with E-state index in [-0.39, 0.29) is 6.04 Å². The van der Waals surface area contributed by atoms with Gasteiger partial charge in [-0.2, -0.15) is 4.68 Å². The molecule has 0 aliphatic heterocycles. The molecule has 28 heavy (non-hydrogen) atoms. The second-order valence-electron chi connectivity index (χ2n) is 6.47. The zero-order valence-electron chi connectivity index (χ0n) is 15.8. The molecule has 9 heteroatoms. The largest absolute Gasteiger partial charge is 0.497 e. The van der Waals surface area contributed by atoms with Crippen molar-refractivity contribution in [3.8, 4) is 11.4 Å². The summed E-state index contributed by atoms with van der Waals surface area (Å²) in [6.07, 6.45) is 0. The van der Waals surface area contributed by atoms with Crippen molar-refractivity contribution in [2.75, 3.05) is 14.2 Å². The summed E-state index contributed by atoms with van der Waals surface area (Å²) in [5.41, 5.74) is 1.88. The normalized spacial score (nSPS) is 12.6. The van der Waals surface area contributed by atoms with Crippen LogP contribution >= 0.6 is 23.6 Å². The van der Waals surface area contributed by atoms with Gasteiger partial charge in [-0.05, 0) is 73.0 Å². The highest BCUT2D eigenvalue weighted by Crippen LogP contribution is 2.29. The number of tetrazole rings is 1. The van der Waals surface area contributed by atoms with E-state index in [1.54, 1.807) is 27.8 Å². The molecule has 0 saturated carbocycles. The Balaban J connectivity index is 1.53. The molecule has 7 nitrogen and oxygen atoms in total. The molecule has 2 aromatic carbocycles. The van der Waals surface area contributed by atoms with E-state index in [2.05, 4.69) is 28.3 Å². The molecule has 0 spiro atoms. The molecule has 2 heterocycles. The number of rotatable bonds is 6. The molecule has 0 amide bonds. The van der Waals surface area contributed by atoms with E-state index in [0.29, 0.717) is 11.4 Å². The molecule has 0 N–H and O–H groups in total. The fourth-order valence-electron chi connectivity index (χ4n) is 2.84. The van der Waals surface area contributed by atoms with Crippen LogP contribution in [0.25, 0.3) is 15.9 Å². The van der Waals surface area contributed by atoms with Crippen molar-refractivity contribution in [2.24, 2.45) is 0 Å². The average molecular weight is 413 g/mol. The van der Waals surface area contributed by atoms with Crippen molar-refractivity contribution in [2.45, 2.75) is 19.6 Å². The zero-order chi connectivity index (χ0) is 19.7. The van der Waals surface area contributed by atoms with Crippen LogP contribution in [-0.2, 0) is 6.67 Å². The number of methoxy groups -OCH3 is 1. The van der Waals surface area contributed by atoms with Crippen LogP contribution in [0.1, 0.15) is 18.0 Å². The number of aromatic nitrogens is 5. The van der Waals surface area contributed by atoms with Crippen LogP contribution in [-0.4, -0.2) is 43.8 Å². The van der Waals surface area contributed by atoms with Crippen LogP contribution in [0.2, 0.25) is 0 Å². The minimum absolute atomic E-state index is 0.130. The number of benzene rings is 2. The molecular weight excluding hydrogens is 392 g/mol. The summed E-state index contributed by atoms with van der Waals surface area (Å²) < 4.78 is 10.3. The maximum atomic E-state index is 5.57. The summed E-state index contributed by atoms with van der Waals surface area (Å²) in [5.74, 6) is 0.784. The highest BCUT2D eigenvalue weighted by molar-refractivity contribution is 7.71. The summed E-state index contributed by atoms with van der Waals surface area (Å²) >= 11 is 7.29. The SMILES string of the molecule is COc1ccc(-n2nnn(CN(C)[C@@H](C)c3nc4ccccc4s3)c2=S)cc1. The number of thiazole rings is 1. The van der Waals surface area contributed by atoms with Gasteiger partial charge in [0.2, 0.25) is 4.77 Å². The Kier molecular flexibility index (Phi) is 5.21. The van der Waals surface area contributed by atoms with Gasteiger partial charge in [0.05, 0.1) is 35.7 Å². The Labute approximate surface area is 171 Å². The van der Waals surface area contributed by atoms with E-state index in [1.165, 1.54) is 4.70 Å². The fraction of sp³-hybridized carbons (Fsp3) is 0.263. The number of fused-ring (bicyclic) bond motifs is 1. The Bertz CT molecular complexity index is 1110. The van der Waals surface area contributed by atoms with Crippen LogP contribution in [0.3, 0.4) is 0 Å². The molecule has 0 aliphatic carbocycles. The second kappa shape index (κ2) is 7.78. The fourth-order valence-corrected chi connectivity index (χ4v) is 4.16. The predicted molar refractivity (Wildman–Crippen MR) is 113 cm³/mol. The molecule has 0 saturated heterocycles. The Morgan fingerprint density at radius 2 is 1.89 bits per heavy atom. The Morgan fingerprint density at radius 3 is 2.61 bits per heavy atom. The van der Waals surface area contributed by atoms with Crippen LogP contribution in [0, 0.1) is 4.77 Å². The number of para-hydroxylation sites is 1. The first-order valence-corrected chi connectivity index (χ1v) is 10.0. The van der Waals surface area contributed by atoms with Crippen LogP contribution in [0.5, 0.6) is 5.75 Å². The predicted octanol–water partition coefficient (Wildman–Crippen LogP) is 4.07. The summed E-state index contributed by atoms with van der Waals surface area (Å²) in [7, 11) is 3.67. The summed E-state index contributed by atoms with van der Waals surface area (Å²) in [6, 6.07) is 15.9. The molecule has 1 atom stereocenters. The third-order valence-corrected chi connectivity index (χ3v) is 6.23. The van der Waals surface area contributed by atoms with Gasteiger partial charge in [0.1, 0.15) is 10.8 Å². The molecule has 0 unspecified atom stereocenters. The lowest BCUT2D eigenvalue weighted by molar-refractivity contribution is 0.193. The van der Waals surface area contributed by atoms with E-state index in [4.69, 9.17) is 21.9 Å². The molecule has 0 radical (unpaired) electrons. The van der Waals surface area contributed by atoms with Gasteiger partial charge in [0.15, 0.2) is 0 Å². The smallest absolute Gasteiger partial charge is 0.221 e. The number of nitrogens with zero attached hydrogens (tertiary/aromatic N) is 6. The van der Waals surface area contributed by atoms with Crippen molar-refractivity contribution in [1.82, 2.24) is 29.7 Å². The topological polar surface area (TPSA) is 61.0 Å². The van der Waals surface area contributed by atoms with Crippen molar-refractivity contribution in [3.05, 3.63) is 58.3 Å². The van der Waals surface area contributed by atoms with Crippen LogP contribution in [0.15, 0.2) is 48.5 Å². The van der Waals surface area contributed by atoms with Crippen molar-refractivity contribution >= 4 is 33.8 Å². The van der Waals surface area contributed by atoms with Gasteiger partial charge in [0, 0.05) is 0 Å². The highest BCUT2D eigenvalue weighted by atomic mass is 32.1. The first kappa shape index (κ1) is 18.7. The summed E-state index contributed by atoms with van der Waals surface area (Å²) in [5, 5.41) is 9.50. The number of hydrogen-bond donors (Lipinski definition) is 0. The van der Waals surface area contributed by atoms with Gasteiger partial charge in [0.25, 0.3) is 0 Å². The van der Waals surface area contributed by atoms with Crippen LogP contribution in [0.4, 0.5) is 0 Å². The minimum Gasteiger partial charge on any atom is -0.497 e. The Hall–Kier alpha value is -2.62. The van der Waals surface area contributed by atoms with Gasteiger partial charge < -0.3 is 4.74 Å². The summed E-state index contributed by atoms with van der Waals surface area (Å²) in [4.78, 5) is 6.91. The van der Waals surface area contributed by atoms with Crippen molar-refractivity contribution in [3.63, 3.8) is 0 Å². The first-order valence-electron chi connectivity index (χ1n) is 8.80. The zero-order valence-corrected chi connectivity index (χ0v) is 17.4. The number of ether oxygens (including phenoxy) is 1. The third kappa shape index (κ3) is 3.56. The highest BCUT2D eigenvalue weighted by Gasteiger charge is 2.18. The van der Waals surface area contributed by atoms with Gasteiger partial charge in [-0.1, -0.05) is 12.1 Å². The lowest BCUT2D eigenvalue weighted by Crippen LogP contribution is -2.26. The Morgan fingerprint density at radius 1 is 1.14 bits per heavy atom. The molecule has 0 aliphatic rings. The van der Waals surface area contributed by atoms with Crippen molar-refractivity contribution < 1.29 is 4.74 Å². The molecular formula is C19H20N6OS2. The molecule has 4 rings (SSSR count). The average Bonchev–Trinajstić information content (AvgIpc) is 3.31. The van der Waals surface area contributed by atoms with Crippen LogP contribution < -0.4 is 4.74 Å². The van der Waals surface area contributed by atoms with Gasteiger partial charge in [-0.3, -0.25) is 4.90 Å². The minimum atomic E-state index is 0.130. The monoisotopic (exact) mass is 412 g/mol. The second-order valence-corrected chi connectivity index (χ2v) is 7.89. The van der Waals surface area contributed by atoms with Gasteiger partial charge >= 0.3 is 0 Å². The number of hydrogen-bond acceptors (Lipinski definition) is 7. The third-order valence-electron chi connectivity index (χ3n) is 4.64. The van der Waals surface area contributed by atoms with E-state index in [1.807, 2.05) is 49.5 Å². The van der Waals surface area contributed by atoms with E-state index < -0.39 is 0 Å². The van der Waals surface area contributed by atoms with E-state index in [9.17, 15) is 0 Å². The quantitative estimate of drug-likeness (QED) is 0.445. The van der Waals surface area contributed by atoms with E-state index in [0.717, 1.165) is 22.0 Å². The molecule has 144 valence electrons. The lowest BCUT2D eigenvalue weighted by Gasteiger charge is -2.22. The van der Waals surface area contributed by atoms with Gasteiger partial charge in [-0.25, -0.2) is 9.67 Å². The summed E-state index contributed by atoms with van der Waals surface area (Å²) in [6.45, 7) is 2.65. The molecule has 4 aromatic rings. The standard InChI is InChI=1S/C19H20N6OS2/c1-13(18-20-16-6-4-5-7-17(16)28-18)23(2)12-24-19(27)25(22-21-24)14-8-10-15(26-3)11-9-14/h4-11,13H,12H2,1-3H3/t13-/m0/s1. The maximum absolute atomic E-state index is 5.57. The van der Waals surface area contributed by atoms with E-state index >= 15 is 0 Å². The molecule has 2 aromatic heterocycles. The van der Waals surface area contributed by atoms with Gasteiger partial charge in [-0.15, -0.1) is 11.3 Å². The molecule has 0 fully saturated rings. The maximum Gasteiger partial charge on any atom is 0.221 e. The molecule has 0 bridgehead atoms. The lowest BCUT2D eigenvalue weighted by atomic mass is 10.3.